The normalized spacial score (nSPS) is 13.3. The van der Waals surface area contributed by atoms with Gasteiger partial charge in [-0.2, -0.15) is 10.2 Å². The van der Waals surface area contributed by atoms with Gasteiger partial charge in [-0.3, -0.25) is 28.8 Å². The summed E-state index contributed by atoms with van der Waals surface area (Å²) in [5.41, 5.74) is 2.60. The second kappa shape index (κ2) is 26.3. The first-order chi connectivity index (χ1) is 40.3. The largest absolute Gasteiger partial charge is 0.494 e. The van der Waals surface area contributed by atoms with Gasteiger partial charge in [-0.1, -0.05) is 61.8 Å². The number of alkyl halides is 1. The number of aromatic nitrogens is 10. The highest BCUT2D eigenvalue weighted by Gasteiger charge is 2.35. The fourth-order valence-electron chi connectivity index (χ4n) is 9.61. The molecule has 0 radical (unpaired) electrons. The number of amides is 4. The fraction of sp³-hybridized carbons (Fsp3) is 0.276. The van der Waals surface area contributed by atoms with Gasteiger partial charge >= 0.3 is 0 Å². The number of hydrogen-bond donors (Lipinski definition) is 0. The van der Waals surface area contributed by atoms with Crippen LogP contribution in [0.2, 0.25) is 5.02 Å². The highest BCUT2D eigenvalue weighted by Crippen LogP contribution is 2.37. The zero-order valence-electron chi connectivity index (χ0n) is 46.3. The van der Waals surface area contributed by atoms with Crippen molar-refractivity contribution in [3.8, 4) is 23.1 Å². The summed E-state index contributed by atoms with van der Waals surface area (Å²) in [5, 5.41) is 10.3. The van der Waals surface area contributed by atoms with E-state index in [0.29, 0.717) is 105 Å². The number of hydrogen-bond acceptors (Lipinski definition) is 15. The second-order valence-electron chi connectivity index (χ2n) is 18.7. The number of piperazine rings is 2. The third-order valence-corrected chi connectivity index (χ3v) is 15.2. The average molecular weight is 1180 g/mol. The third kappa shape index (κ3) is 12.5. The Morgan fingerprint density at radius 1 is 0.542 bits per heavy atom. The Morgan fingerprint density at radius 2 is 0.940 bits per heavy atom. The highest BCUT2D eigenvalue weighted by molar-refractivity contribution is 7.98. The van der Waals surface area contributed by atoms with Crippen LogP contribution in [0.1, 0.15) is 66.9 Å². The van der Waals surface area contributed by atoms with Gasteiger partial charge in [-0.05, 0) is 62.4 Å². The van der Waals surface area contributed by atoms with Gasteiger partial charge in [0.2, 0.25) is 0 Å². The minimum Gasteiger partial charge on any atom is -0.494 e. The van der Waals surface area contributed by atoms with Crippen LogP contribution in [0, 0.1) is 13.8 Å². The van der Waals surface area contributed by atoms with E-state index in [1.807, 2.05) is 79.1 Å². The molecule has 0 bridgehead atoms. The molecule has 2 saturated heterocycles. The Kier molecular flexibility index (Phi) is 18.6. The number of ketones is 2. The average Bonchev–Trinajstić information content (AvgIpc) is 4.25. The predicted octanol–water partition coefficient (Wildman–Crippen LogP) is 7.83. The van der Waals surface area contributed by atoms with E-state index in [-0.39, 0.29) is 55.1 Å². The lowest BCUT2D eigenvalue weighted by Crippen LogP contribution is -2.52. The molecule has 0 saturated carbocycles. The summed E-state index contributed by atoms with van der Waals surface area (Å²) in [5.74, 6) is 0.168. The molecule has 22 nitrogen and oxygen atoms in total. The number of ether oxygens (including phenoxy) is 2. The highest BCUT2D eigenvalue weighted by atomic mass is 35.5. The van der Waals surface area contributed by atoms with Crippen molar-refractivity contribution in [3.63, 3.8) is 0 Å². The van der Waals surface area contributed by atoms with Crippen molar-refractivity contribution in [1.82, 2.24) is 68.2 Å². The van der Waals surface area contributed by atoms with E-state index in [1.54, 1.807) is 69.7 Å². The van der Waals surface area contributed by atoms with Crippen LogP contribution in [0.15, 0.2) is 127 Å². The molecular weight excluding hydrogens is 1120 g/mol. The summed E-state index contributed by atoms with van der Waals surface area (Å²) in [6.07, 6.45) is 9.25. The summed E-state index contributed by atoms with van der Waals surface area (Å²) >= 11 is 13.8. The third-order valence-electron chi connectivity index (χ3n) is 13.7. The summed E-state index contributed by atoms with van der Waals surface area (Å²) in [6.45, 7) is 9.83. The molecule has 9 aromatic rings. The van der Waals surface area contributed by atoms with E-state index in [9.17, 15) is 28.8 Å². The summed E-state index contributed by atoms with van der Waals surface area (Å²) in [4.78, 5) is 105. The minimum atomic E-state index is -0.693. The summed E-state index contributed by atoms with van der Waals surface area (Å²) in [7, 11) is 2.96. The summed E-state index contributed by atoms with van der Waals surface area (Å²) < 4.78 is 17.7. The van der Waals surface area contributed by atoms with Crippen LogP contribution in [0.4, 0.5) is 0 Å². The molecule has 0 spiro atoms. The Morgan fingerprint density at radius 3 is 1.33 bits per heavy atom. The van der Waals surface area contributed by atoms with Crippen LogP contribution < -0.4 is 9.47 Å². The first-order valence-corrected chi connectivity index (χ1v) is 28.4. The van der Waals surface area contributed by atoms with Crippen molar-refractivity contribution in [2.45, 2.75) is 44.5 Å². The molecule has 11 rings (SSSR count). The van der Waals surface area contributed by atoms with Crippen LogP contribution in [-0.2, 0) is 21.5 Å². The number of pyridine rings is 2. The smallest absolute Gasteiger partial charge is 0.295 e. The number of carbonyl (C=O) groups excluding carboxylic acids is 6. The van der Waals surface area contributed by atoms with Crippen LogP contribution >= 0.6 is 35.0 Å². The number of carbonyl (C=O) groups is 6. The van der Waals surface area contributed by atoms with Gasteiger partial charge in [0.15, 0.2) is 11.6 Å². The lowest BCUT2D eigenvalue weighted by atomic mass is 10.1. The van der Waals surface area contributed by atoms with Crippen molar-refractivity contribution in [3.05, 3.63) is 161 Å². The van der Waals surface area contributed by atoms with Crippen LogP contribution in [0.3, 0.4) is 0 Å². The van der Waals surface area contributed by atoms with Gasteiger partial charge in [0, 0.05) is 85.8 Å². The number of nitrogens with zero attached hydrogens (tertiary/aromatic N) is 14. The quantitative estimate of drug-likeness (QED) is 0.0437. The van der Waals surface area contributed by atoms with Gasteiger partial charge < -0.3 is 38.2 Å². The molecule has 4 amide bonds. The second-order valence-corrected chi connectivity index (χ2v) is 20.3. The minimum absolute atomic E-state index is 0.00771. The maximum absolute atomic E-state index is 13.9. The molecule has 6 aromatic heterocycles. The Bertz CT molecular complexity index is 3830. The molecule has 2 aliphatic heterocycles. The Labute approximate surface area is 491 Å². The van der Waals surface area contributed by atoms with E-state index < -0.39 is 23.4 Å². The Balaban J connectivity index is 0.000000197. The number of aryl methyl sites for hydroxylation is 2. The van der Waals surface area contributed by atoms with Crippen molar-refractivity contribution in [2.75, 3.05) is 66.6 Å². The molecule has 0 N–H and O–H groups in total. The lowest BCUT2D eigenvalue weighted by molar-refractivity contribution is -0.128. The molecule has 8 heterocycles. The van der Waals surface area contributed by atoms with Crippen LogP contribution in [0.5, 0.6) is 11.5 Å². The van der Waals surface area contributed by atoms with Crippen molar-refractivity contribution < 1.29 is 38.2 Å². The van der Waals surface area contributed by atoms with Gasteiger partial charge in [0.1, 0.15) is 35.8 Å². The lowest BCUT2D eigenvalue weighted by Gasteiger charge is -2.34. The fourth-order valence-corrected chi connectivity index (χ4v) is 10.7. The van der Waals surface area contributed by atoms with E-state index in [1.165, 1.54) is 65.4 Å². The van der Waals surface area contributed by atoms with E-state index in [0.717, 1.165) is 4.90 Å². The molecule has 83 heavy (non-hydrogen) atoms. The monoisotopic (exact) mass is 1180 g/mol. The molecule has 0 atom stereocenters. The zero-order chi connectivity index (χ0) is 58.9. The molecular formula is C58H58Cl2N14O8S. The van der Waals surface area contributed by atoms with Crippen LogP contribution in [-0.4, -0.2) is 170 Å². The maximum Gasteiger partial charge on any atom is 0.295 e. The number of methoxy groups -OCH3 is 2. The number of rotatable bonds is 14. The first kappa shape index (κ1) is 58.7. The molecule has 25 heteroatoms. The number of halogens is 2. The number of thioether (sulfide) groups is 1. The molecule has 428 valence electrons. The first-order valence-electron chi connectivity index (χ1n) is 26.5. The van der Waals surface area contributed by atoms with Crippen molar-refractivity contribution >= 4 is 92.0 Å². The zero-order valence-corrected chi connectivity index (χ0v) is 48.6. The Hall–Kier alpha value is -8.93. The standard InChI is InChI=1S/C31H28ClN7O4S.C25H24ClN7O4.C2H6/c1-20-34-18-39(35-20)29-27-26(25(43-2)16-33-29)24(17-38(27)19-44-23-10-8-22(32)9-11-23)28(40)31(42)37-14-12-36(13-15-37)30(41)21-6-4-3-5-7-21;1-16-28-15-33(29-16)23-21-20(19(37-2)12-27-23)18(13-32(21)14-26)22(34)25(36)31-10-8-30(9-11-31)24(35)17-6-4-3-5-7-17;1-2/h3-11,16-18H,12-15,19H2,1-2H3;3-7,12-13,15H,8-11,14H2,1-2H3;1-2H3. The van der Waals surface area contributed by atoms with E-state index in [2.05, 4.69) is 30.1 Å². The summed E-state index contributed by atoms with van der Waals surface area (Å²) in [6, 6.07) is 25.5. The van der Waals surface area contributed by atoms with Gasteiger partial charge in [-0.25, -0.2) is 29.3 Å². The number of Topliss-reactive ketones (excluding diaryl/α,β-unsaturated/α-hetero) is 2. The number of fused-ring (bicyclic) bond motifs is 2. The van der Waals surface area contributed by atoms with Crippen LogP contribution in [0.25, 0.3) is 33.4 Å². The SMILES string of the molecule is CC.COc1cnc(-n2cnc(C)n2)c2c1c(C(=O)C(=O)N1CCN(C(=O)c3ccccc3)CC1)cn2CCl.COc1cnc(-n2cnc(C)n2)c2c1c(C(=O)C(=O)N1CCN(C(=O)c3ccccc3)CC1)cn2CSc1ccc(Cl)cc1. The topological polar surface area (TPSA) is 231 Å². The molecule has 2 aliphatic rings. The number of benzene rings is 3. The van der Waals surface area contributed by atoms with E-state index in [4.69, 9.17) is 32.7 Å². The molecule has 0 aliphatic carbocycles. The van der Waals surface area contributed by atoms with Crippen molar-refractivity contribution in [1.29, 1.82) is 0 Å². The van der Waals surface area contributed by atoms with Gasteiger partial charge in [-0.15, -0.1) is 23.4 Å². The molecule has 3 aromatic carbocycles. The van der Waals surface area contributed by atoms with Crippen molar-refractivity contribution in [2.24, 2.45) is 0 Å². The van der Waals surface area contributed by atoms with Gasteiger partial charge in [0.25, 0.3) is 35.2 Å². The van der Waals surface area contributed by atoms with E-state index >= 15 is 0 Å². The molecule has 0 unspecified atom stereocenters. The maximum atomic E-state index is 13.9. The predicted molar refractivity (Wildman–Crippen MR) is 313 cm³/mol. The molecule has 2 fully saturated rings. The van der Waals surface area contributed by atoms with Gasteiger partial charge in [0.05, 0.1) is 71.4 Å².